The number of hydrogen-bond acceptors (Lipinski definition) is 6. The molecule has 8 nitrogen and oxygen atoms in total. The maximum Gasteiger partial charge on any atom is 0.342 e. The van der Waals surface area contributed by atoms with Crippen molar-refractivity contribution in [3.8, 4) is 0 Å². The van der Waals surface area contributed by atoms with Crippen LogP contribution in [0.2, 0.25) is 5.15 Å². The SMILES string of the molecule is C[C@H](OC(=O)c1cccnc1Cl)C(=O)Nc1ccccc1[N+](=O)[O-]. The molecule has 1 N–H and O–H groups in total. The van der Waals surface area contributed by atoms with Crippen LogP contribution in [0.1, 0.15) is 17.3 Å². The first-order chi connectivity index (χ1) is 11.4. The number of nitro groups is 1. The molecule has 0 aliphatic rings. The van der Waals surface area contributed by atoms with E-state index in [1.54, 1.807) is 0 Å². The highest BCUT2D eigenvalue weighted by molar-refractivity contribution is 6.32. The van der Waals surface area contributed by atoms with Crippen LogP contribution in [0, 0.1) is 10.1 Å². The molecule has 0 fully saturated rings. The number of para-hydroxylation sites is 2. The van der Waals surface area contributed by atoms with Crippen LogP contribution < -0.4 is 5.32 Å². The second-order valence-corrected chi connectivity index (χ2v) is 5.01. The summed E-state index contributed by atoms with van der Waals surface area (Å²) >= 11 is 5.78. The lowest BCUT2D eigenvalue weighted by Crippen LogP contribution is -2.30. The van der Waals surface area contributed by atoms with Gasteiger partial charge in [-0.1, -0.05) is 23.7 Å². The third kappa shape index (κ3) is 4.05. The second-order valence-electron chi connectivity index (χ2n) is 4.65. The number of aromatic nitrogens is 1. The summed E-state index contributed by atoms with van der Waals surface area (Å²) in [6.45, 7) is 1.34. The number of hydrogen-bond donors (Lipinski definition) is 1. The van der Waals surface area contributed by atoms with Crippen molar-refractivity contribution in [3.05, 3.63) is 63.4 Å². The zero-order chi connectivity index (χ0) is 17.7. The highest BCUT2D eigenvalue weighted by Gasteiger charge is 2.23. The van der Waals surface area contributed by atoms with E-state index in [1.807, 2.05) is 0 Å². The summed E-state index contributed by atoms with van der Waals surface area (Å²) in [4.78, 5) is 38.1. The molecule has 1 atom stereocenters. The second kappa shape index (κ2) is 7.51. The van der Waals surface area contributed by atoms with Gasteiger partial charge in [-0.2, -0.15) is 0 Å². The summed E-state index contributed by atoms with van der Waals surface area (Å²) in [7, 11) is 0. The average molecular weight is 350 g/mol. The Hall–Kier alpha value is -3.00. The Labute approximate surface area is 141 Å². The molecule has 0 unspecified atom stereocenters. The molecule has 2 rings (SSSR count). The molecular formula is C15H12ClN3O5. The monoisotopic (exact) mass is 349 g/mol. The quantitative estimate of drug-likeness (QED) is 0.384. The zero-order valence-corrected chi connectivity index (χ0v) is 13.2. The van der Waals surface area contributed by atoms with Gasteiger partial charge in [-0.05, 0) is 25.1 Å². The summed E-state index contributed by atoms with van der Waals surface area (Å²) in [5, 5.41) is 13.2. The molecular weight excluding hydrogens is 338 g/mol. The molecule has 0 saturated carbocycles. The van der Waals surface area contributed by atoms with Crippen molar-refractivity contribution in [2.75, 3.05) is 5.32 Å². The maximum absolute atomic E-state index is 12.1. The molecule has 1 heterocycles. The van der Waals surface area contributed by atoms with Gasteiger partial charge >= 0.3 is 5.97 Å². The van der Waals surface area contributed by atoms with E-state index in [9.17, 15) is 19.7 Å². The van der Waals surface area contributed by atoms with Crippen molar-refractivity contribution in [3.63, 3.8) is 0 Å². The van der Waals surface area contributed by atoms with E-state index >= 15 is 0 Å². The smallest absolute Gasteiger partial charge is 0.342 e. The number of benzene rings is 1. The summed E-state index contributed by atoms with van der Waals surface area (Å²) in [6.07, 6.45) is 0.220. The van der Waals surface area contributed by atoms with Gasteiger partial charge in [-0.3, -0.25) is 14.9 Å². The van der Waals surface area contributed by atoms with Crippen LogP contribution in [0.15, 0.2) is 42.6 Å². The molecule has 0 radical (unpaired) electrons. The van der Waals surface area contributed by atoms with Crippen LogP contribution in [0.4, 0.5) is 11.4 Å². The Morgan fingerprint density at radius 1 is 1.29 bits per heavy atom. The van der Waals surface area contributed by atoms with E-state index in [1.165, 1.54) is 49.5 Å². The van der Waals surface area contributed by atoms with Gasteiger partial charge in [0.25, 0.3) is 11.6 Å². The van der Waals surface area contributed by atoms with Crippen LogP contribution in [-0.2, 0) is 9.53 Å². The van der Waals surface area contributed by atoms with Crippen LogP contribution in [0.3, 0.4) is 0 Å². The topological polar surface area (TPSA) is 111 Å². The van der Waals surface area contributed by atoms with E-state index < -0.39 is 22.9 Å². The Balaban J connectivity index is 2.07. The normalized spacial score (nSPS) is 11.4. The lowest BCUT2D eigenvalue weighted by Gasteiger charge is -2.13. The zero-order valence-electron chi connectivity index (χ0n) is 12.4. The number of rotatable bonds is 5. The molecule has 0 spiro atoms. The van der Waals surface area contributed by atoms with Gasteiger partial charge in [0, 0.05) is 12.3 Å². The molecule has 0 aliphatic carbocycles. The summed E-state index contributed by atoms with van der Waals surface area (Å²) in [5.74, 6) is -1.53. The third-order valence-electron chi connectivity index (χ3n) is 2.99. The van der Waals surface area contributed by atoms with E-state index in [0.717, 1.165) is 0 Å². The number of esters is 1. The molecule has 2 aromatic rings. The maximum atomic E-state index is 12.1. The number of ether oxygens (including phenoxy) is 1. The molecule has 124 valence electrons. The first kappa shape index (κ1) is 17.4. The van der Waals surface area contributed by atoms with Crippen molar-refractivity contribution in [2.45, 2.75) is 13.0 Å². The molecule has 0 aliphatic heterocycles. The Bertz CT molecular complexity index is 796. The van der Waals surface area contributed by atoms with E-state index in [2.05, 4.69) is 10.3 Å². The number of nitrogens with one attached hydrogen (secondary N) is 1. The largest absolute Gasteiger partial charge is 0.449 e. The van der Waals surface area contributed by atoms with Crippen LogP contribution >= 0.6 is 11.6 Å². The number of carbonyl (C=O) groups excluding carboxylic acids is 2. The van der Waals surface area contributed by atoms with Crippen LogP contribution in [-0.4, -0.2) is 27.9 Å². The highest BCUT2D eigenvalue weighted by atomic mass is 35.5. The Morgan fingerprint density at radius 3 is 2.67 bits per heavy atom. The number of amides is 1. The minimum absolute atomic E-state index is 0.00908. The number of pyridine rings is 1. The number of nitro benzene ring substituents is 1. The van der Waals surface area contributed by atoms with Crippen molar-refractivity contribution >= 4 is 34.9 Å². The van der Waals surface area contributed by atoms with Crippen molar-refractivity contribution < 1.29 is 19.2 Å². The number of carbonyl (C=O) groups is 2. The van der Waals surface area contributed by atoms with Crippen molar-refractivity contribution in [2.24, 2.45) is 0 Å². The molecule has 24 heavy (non-hydrogen) atoms. The molecule has 1 amide bonds. The van der Waals surface area contributed by atoms with Gasteiger partial charge in [0.2, 0.25) is 0 Å². The van der Waals surface area contributed by atoms with Crippen molar-refractivity contribution in [1.82, 2.24) is 4.98 Å². The lowest BCUT2D eigenvalue weighted by atomic mass is 10.2. The molecule has 1 aromatic carbocycles. The van der Waals surface area contributed by atoms with Crippen LogP contribution in [0.25, 0.3) is 0 Å². The molecule has 1 aromatic heterocycles. The predicted molar refractivity (Wildman–Crippen MR) is 85.9 cm³/mol. The first-order valence-electron chi connectivity index (χ1n) is 6.76. The Kier molecular flexibility index (Phi) is 5.43. The predicted octanol–water partition coefficient (Wildman–Crippen LogP) is 2.83. The van der Waals surface area contributed by atoms with Gasteiger partial charge in [0.15, 0.2) is 6.10 Å². The minimum atomic E-state index is -1.19. The molecule has 0 saturated heterocycles. The molecule has 0 bridgehead atoms. The fourth-order valence-electron chi connectivity index (χ4n) is 1.79. The third-order valence-corrected chi connectivity index (χ3v) is 3.29. The lowest BCUT2D eigenvalue weighted by molar-refractivity contribution is -0.383. The fraction of sp³-hybridized carbons (Fsp3) is 0.133. The van der Waals surface area contributed by atoms with Crippen LogP contribution in [0.5, 0.6) is 0 Å². The Morgan fingerprint density at radius 2 is 2.00 bits per heavy atom. The van der Waals surface area contributed by atoms with Gasteiger partial charge in [-0.15, -0.1) is 0 Å². The highest BCUT2D eigenvalue weighted by Crippen LogP contribution is 2.23. The number of halogens is 1. The standard InChI is InChI=1S/C15H12ClN3O5/c1-9(24-15(21)10-5-4-8-17-13(10)16)14(20)18-11-6-2-3-7-12(11)19(22)23/h2-9H,1H3,(H,18,20)/t9-/m0/s1. The minimum Gasteiger partial charge on any atom is -0.449 e. The van der Waals surface area contributed by atoms with Gasteiger partial charge in [-0.25, -0.2) is 9.78 Å². The van der Waals surface area contributed by atoms with E-state index in [4.69, 9.17) is 16.3 Å². The average Bonchev–Trinajstić information content (AvgIpc) is 2.55. The molecule has 9 heteroatoms. The van der Waals surface area contributed by atoms with Gasteiger partial charge in [0.1, 0.15) is 10.8 Å². The van der Waals surface area contributed by atoms with Gasteiger partial charge < -0.3 is 10.1 Å². The van der Waals surface area contributed by atoms with E-state index in [0.29, 0.717) is 0 Å². The summed E-state index contributed by atoms with van der Waals surface area (Å²) in [6, 6.07) is 8.55. The van der Waals surface area contributed by atoms with Gasteiger partial charge in [0.05, 0.1) is 10.5 Å². The first-order valence-corrected chi connectivity index (χ1v) is 7.13. The number of anilines is 1. The fourth-order valence-corrected chi connectivity index (χ4v) is 1.99. The summed E-state index contributed by atoms with van der Waals surface area (Å²) in [5.41, 5.74) is -0.237. The number of nitrogens with zero attached hydrogens (tertiary/aromatic N) is 2. The van der Waals surface area contributed by atoms with Crippen molar-refractivity contribution in [1.29, 1.82) is 0 Å². The summed E-state index contributed by atoms with van der Waals surface area (Å²) < 4.78 is 5.01. The van der Waals surface area contributed by atoms with E-state index in [-0.39, 0.29) is 22.1 Å².